The second-order valence-electron chi connectivity index (χ2n) is 4.01. The fourth-order valence-electron chi connectivity index (χ4n) is 1.91. The van der Waals surface area contributed by atoms with Crippen molar-refractivity contribution in [3.8, 4) is 5.75 Å². The third kappa shape index (κ3) is 1.34. The minimum absolute atomic E-state index is 0.130. The zero-order chi connectivity index (χ0) is 10.2. The Balaban J connectivity index is 2.39. The van der Waals surface area contributed by atoms with Gasteiger partial charge in [-0.3, -0.25) is 0 Å². The highest BCUT2D eigenvalue weighted by Gasteiger charge is 2.33. The van der Waals surface area contributed by atoms with Crippen LogP contribution in [0.5, 0.6) is 5.75 Å². The van der Waals surface area contributed by atoms with Crippen molar-refractivity contribution in [1.29, 1.82) is 0 Å². The SMILES string of the molecule is COc1cccc2c1CC(C)(CO)N2. The van der Waals surface area contributed by atoms with Crippen molar-refractivity contribution < 1.29 is 9.84 Å². The lowest BCUT2D eigenvalue weighted by atomic mass is 9.98. The van der Waals surface area contributed by atoms with Crippen LogP contribution in [0.4, 0.5) is 5.69 Å². The van der Waals surface area contributed by atoms with Gasteiger partial charge in [0.2, 0.25) is 0 Å². The Labute approximate surface area is 83.7 Å². The third-order valence-electron chi connectivity index (χ3n) is 2.71. The molecule has 3 nitrogen and oxygen atoms in total. The molecule has 1 atom stereocenters. The molecule has 0 radical (unpaired) electrons. The fourth-order valence-corrected chi connectivity index (χ4v) is 1.91. The highest BCUT2D eigenvalue weighted by Crippen LogP contribution is 2.37. The van der Waals surface area contributed by atoms with Crippen LogP contribution in [-0.4, -0.2) is 24.4 Å². The average Bonchev–Trinajstić information content (AvgIpc) is 2.54. The molecule has 0 saturated carbocycles. The van der Waals surface area contributed by atoms with Gasteiger partial charge in [-0.05, 0) is 19.1 Å². The molecule has 0 fully saturated rings. The molecule has 2 rings (SSSR count). The van der Waals surface area contributed by atoms with Crippen molar-refractivity contribution in [2.75, 3.05) is 19.0 Å². The Morgan fingerprint density at radius 2 is 2.36 bits per heavy atom. The summed E-state index contributed by atoms with van der Waals surface area (Å²) in [5.41, 5.74) is 1.99. The average molecular weight is 193 g/mol. The molecular weight excluding hydrogens is 178 g/mol. The molecule has 1 aliphatic heterocycles. The number of rotatable bonds is 2. The molecule has 1 aromatic carbocycles. The van der Waals surface area contributed by atoms with Crippen LogP contribution in [0, 0.1) is 0 Å². The number of aliphatic hydroxyl groups is 1. The first-order chi connectivity index (χ1) is 6.68. The summed E-state index contributed by atoms with van der Waals surface area (Å²) >= 11 is 0. The molecule has 0 aromatic heterocycles. The van der Waals surface area contributed by atoms with E-state index in [1.165, 1.54) is 0 Å². The first-order valence-corrected chi connectivity index (χ1v) is 4.73. The van der Waals surface area contributed by atoms with E-state index in [4.69, 9.17) is 4.74 Å². The Kier molecular flexibility index (Phi) is 2.11. The van der Waals surface area contributed by atoms with Crippen molar-refractivity contribution in [1.82, 2.24) is 0 Å². The van der Waals surface area contributed by atoms with Crippen LogP contribution in [0.2, 0.25) is 0 Å². The lowest BCUT2D eigenvalue weighted by Crippen LogP contribution is -2.36. The number of anilines is 1. The van der Waals surface area contributed by atoms with E-state index in [0.717, 1.165) is 23.4 Å². The fraction of sp³-hybridized carbons (Fsp3) is 0.455. The van der Waals surface area contributed by atoms with Gasteiger partial charge in [-0.1, -0.05) is 6.07 Å². The van der Waals surface area contributed by atoms with Gasteiger partial charge in [-0.25, -0.2) is 0 Å². The molecule has 0 bridgehead atoms. The first kappa shape index (κ1) is 9.34. The van der Waals surface area contributed by atoms with Gasteiger partial charge in [0.25, 0.3) is 0 Å². The summed E-state index contributed by atoms with van der Waals surface area (Å²) in [5.74, 6) is 0.896. The van der Waals surface area contributed by atoms with Gasteiger partial charge in [0.05, 0.1) is 19.3 Å². The van der Waals surface area contributed by atoms with Crippen LogP contribution < -0.4 is 10.1 Å². The van der Waals surface area contributed by atoms with Crippen molar-refractivity contribution in [3.63, 3.8) is 0 Å². The second-order valence-corrected chi connectivity index (χ2v) is 4.01. The number of benzene rings is 1. The molecule has 0 spiro atoms. The number of nitrogens with one attached hydrogen (secondary N) is 1. The second kappa shape index (κ2) is 3.17. The van der Waals surface area contributed by atoms with Crippen LogP contribution in [0.1, 0.15) is 12.5 Å². The summed E-state index contributed by atoms with van der Waals surface area (Å²) in [6.45, 7) is 2.14. The minimum Gasteiger partial charge on any atom is -0.496 e. The van der Waals surface area contributed by atoms with Crippen LogP contribution >= 0.6 is 0 Å². The summed E-state index contributed by atoms with van der Waals surface area (Å²) in [6.07, 6.45) is 0.808. The number of hydrogen-bond donors (Lipinski definition) is 2. The molecule has 76 valence electrons. The molecule has 14 heavy (non-hydrogen) atoms. The molecule has 1 aliphatic rings. The normalized spacial score (nSPS) is 24.2. The maximum Gasteiger partial charge on any atom is 0.124 e. The van der Waals surface area contributed by atoms with Crippen molar-refractivity contribution >= 4 is 5.69 Å². The molecule has 0 aliphatic carbocycles. The van der Waals surface area contributed by atoms with E-state index in [2.05, 4.69) is 5.32 Å². The maximum atomic E-state index is 9.26. The Morgan fingerprint density at radius 3 is 3.00 bits per heavy atom. The largest absolute Gasteiger partial charge is 0.496 e. The van der Waals surface area contributed by atoms with Gasteiger partial charge in [-0.15, -0.1) is 0 Å². The zero-order valence-electron chi connectivity index (χ0n) is 8.50. The molecule has 2 N–H and O–H groups in total. The summed E-state index contributed by atoms with van der Waals surface area (Å²) in [7, 11) is 1.67. The van der Waals surface area contributed by atoms with Crippen molar-refractivity contribution in [2.45, 2.75) is 18.9 Å². The van der Waals surface area contributed by atoms with E-state index in [9.17, 15) is 5.11 Å². The Hall–Kier alpha value is -1.22. The van der Waals surface area contributed by atoms with Gasteiger partial charge in [0.1, 0.15) is 5.75 Å². The van der Waals surface area contributed by atoms with Crippen LogP contribution in [0.15, 0.2) is 18.2 Å². The number of ether oxygens (including phenoxy) is 1. The lowest BCUT2D eigenvalue weighted by molar-refractivity contribution is 0.226. The predicted octanol–water partition coefficient (Wildman–Crippen LogP) is 1.41. The highest BCUT2D eigenvalue weighted by atomic mass is 16.5. The molecule has 1 aromatic rings. The van der Waals surface area contributed by atoms with Crippen LogP contribution in [0.3, 0.4) is 0 Å². The van der Waals surface area contributed by atoms with Gasteiger partial charge < -0.3 is 15.2 Å². The van der Waals surface area contributed by atoms with E-state index in [1.807, 2.05) is 25.1 Å². The Bertz CT molecular complexity index is 351. The number of aliphatic hydroxyl groups excluding tert-OH is 1. The monoisotopic (exact) mass is 193 g/mol. The summed E-state index contributed by atoms with van der Waals surface area (Å²) < 4.78 is 5.27. The highest BCUT2D eigenvalue weighted by molar-refractivity contribution is 5.63. The van der Waals surface area contributed by atoms with Crippen molar-refractivity contribution in [3.05, 3.63) is 23.8 Å². The van der Waals surface area contributed by atoms with Gasteiger partial charge in [0.15, 0.2) is 0 Å². The molecular formula is C11H15NO2. The predicted molar refractivity (Wildman–Crippen MR) is 55.8 cm³/mol. The lowest BCUT2D eigenvalue weighted by Gasteiger charge is -2.21. The molecule has 3 heteroatoms. The summed E-state index contributed by atoms with van der Waals surface area (Å²) in [5, 5.41) is 12.6. The van der Waals surface area contributed by atoms with E-state index >= 15 is 0 Å². The molecule has 1 unspecified atom stereocenters. The standard InChI is InChI=1S/C11H15NO2/c1-11(7-13)6-8-9(12-11)4-3-5-10(8)14-2/h3-5,12-13H,6-7H2,1-2H3. The first-order valence-electron chi connectivity index (χ1n) is 4.73. The van der Waals surface area contributed by atoms with E-state index < -0.39 is 0 Å². The van der Waals surface area contributed by atoms with Crippen LogP contribution in [0.25, 0.3) is 0 Å². The number of hydrogen-bond acceptors (Lipinski definition) is 3. The number of methoxy groups -OCH3 is 1. The van der Waals surface area contributed by atoms with Gasteiger partial charge in [0, 0.05) is 17.7 Å². The maximum absolute atomic E-state index is 9.26. The smallest absolute Gasteiger partial charge is 0.124 e. The van der Waals surface area contributed by atoms with E-state index in [-0.39, 0.29) is 12.1 Å². The van der Waals surface area contributed by atoms with Crippen LogP contribution in [-0.2, 0) is 6.42 Å². The van der Waals surface area contributed by atoms with Crippen molar-refractivity contribution in [2.24, 2.45) is 0 Å². The Morgan fingerprint density at radius 1 is 1.57 bits per heavy atom. The minimum atomic E-state index is -0.239. The quantitative estimate of drug-likeness (QED) is 0.746. The number of fused-ring (bicyclic) bond motifs is 1. The molecule has 1 heterocycles. The van der Waals surface area contributed by atoms with E-state index in [0.29, 0.717) is 0 Å². The summed E-state index contributed by atoms with van der Waals surface area (Å²) in [4.78, 5) is 0. The van der Waals surface area contributed by atoms with Gasteiger partial charge in [-0.2, -0.15) is 0 Å². The topological polar surface area (TPSA) is 41.5 Å². The molecule has 0 saturated heterocycles. The third-order valence-corrected chi connectivity index (χ3v) is 2.71. The molecule has 0 amide bonds. The van der Waals surface area contributed by atoms with Gasteiger partial charge >= 0.3 is 0 Å². The zero-order valence-corrected chi connectivity index (χ0v) is 8.50. The summed E-state index contributed by atoms with van der Waals surface area (Å²) in [6, 6.07) is 5.91. The van der Waals surface area contributed by atoms with E-state index in [1.54, 1.807) is 7.11 Å².